The maximum Gasteiger partial charge on any atom is 0.354 e. The van der Waals surface area contributed by atoms with Crippen molar-refractivity contribution >= 4 is 46.8 Å². The van der Waals surface area contributed by atoms with Gasteiger partial charge in [0.15, 0.2) is 0 Å². The maximum atomic E-state index is 11.4. The van der Waals surface area contributed by atoms with Gasteiger partial charge < -0.3 is 44.1 Å². The number of aromatic nitrogens is 2. The third-order valence-corrected chi connectivity index (χ3v) is 8.98. The van der Waals surface area contributed by atoms with Crippen molar-refractivity contribution in [3.63, 3.8) is 0 Å². The minimum Gasteiger partial charge on any atom is -0.491 e. The first-order valence-corrected chi connectivity index (χ1v) is 19.7. The summed E-state index contributed by atoms with van der Waals surface area (Å²) in [7, 11) is 0. The molecule has 4 N–H and O–H groups in total. The molecule has 0 saturated carbocycles. The van der Waals surface area contributed by atoms with Crippen molar-refractivity contribution in [2.75, 3.05) is 104 Å². The van der Waals surface area contributed by atoms with Crippen molar-refractivity contribution in [2.24, 2.45) is 4.99 Å². The number of hydrogen-bond donors (Lipinski definition) is 4. The van der Waals surface area contributed by atoms with E-state index in [0.29, 0.717) is 121 Å². The summed E-state index contributed by atoms with van der Waals surface area (Å²) in [5.74, 6) is -0.146. The van der Waals surface area contributed by atoms with Crippen LogP contribution in [-0.4, -0.2) is 167 Å². The van der Waals surface area contributed by atoms with Gasteiger partial charge in [-0.15, -0.1) is 0 Å². The second kappa shape index (κ2) is 28.5. The van der Waals surface area contributed by atoms with Crippen LogP contribution in [-0.2, 0) is 32.0 Å². The highest BCUT2D eigenvalue weighted by Gasteiger charge is 2.15. The van der Waals surface area contributed by atoms with Gasteiger partial charge in [0.25, 0.3) is 0 Å². The van der Waals surface area contributed by atoms with Crippen LogP contribution < -0.4 is 4.74 Å². The van der Waals surface area contributed by atoms with E-state index < -0.39 is 11.9 Å². The third-order valence-electron chi connectivity index (χ3n) is 7.83. The number of nitrogens with zero attached hydrogens (tertiary/aromatic N) is 5. The number of rotatable bonds is 32. The number of carbonyl (C=O) groups is 2. The molecule has 3 rings (SSSR count). The molecule has 0 aliphatic heterocycles. The van der Waals surface area contributed by atoms with E-state index in [1.807, 2.05) is 21.9 Å². The number of benzene rings is 1. The van der Waals surface area contributed by atoms with Gasteiger partial charge in [-0.25, -0.2) is 19.6 Å². The quantitative estimate of drug-likeness (QED) is 0.0406. The summed E-state index contributed by atoms with van der Waals surface area (Å²) in [6.45, 7) is 5.41. The topological polar surface area (TPSA) is 206 Å². The zero-order chi connectivity index (χ0) is 40.2. The minimum atomic E-state index is -1.11. The number of pyridine rings is 2. The predicted molar refractivity (Wildman–Crippen MR) is 213 cm³/mol. The Hall–Kier alpha value is -3.91. The van der Waals surface area contributed by atoms with Gasteiger partial charge in [-0.3, -0.25) is 9.80 Å². The number of ether oxygens (including phenoxy) is 5. The van der Waals surface area contributed by atoms with Crippen LogP contribution in [0.15, 0.2) is 65.7 Å². The van der Waals surface area contributed by atoms with E-state index in [4.69, 9.17) is 23.7 Å². The van der Waals surface area contributed by atoms with Crippen molar-refractivity contribution in [1.29, 1.82) is 0 Å². The smallest absolute Gasteiger partial charge is 0.354 e. The van der Waals surface area contributed by atoms with Crippen molar-refractivity contribution < 1.29 is 53.7 Å². The number of thioether (sulfide) groups is 1. The first-order chi connectivity index (χ1) is 27.3. The number of carboxylic acids is 2. The molecule has 1 atom stereocenters. The number of carboxylic acid groups (broad SMARTS) is 2. The Kier molecular flexibility index (Phi) is 23.6. The zero-order valence-electron chi connectivity index (χ0n) is 31.3. The summed E-state index contributed by atoms with van der Waals surface area (Å²) in [4.78, 5) is 38.9. The van der Waals surface area contributed by atoms with Crippen molar-refractivity contribution in [3.8, 4) is 5.75 Å². The Bertz CT molecular complexity index is 1620. The van der Waals surface area contributed by atoms with Crippen LogP contribution in [0.2, 0.25) is 0 Å². The van der Waals surface area contributed by atoms with E-state index in [2.05, 4.69) is 32.3 Å². The van der Waals surface area contributed by atoms with Crippen LogP contribution in [0.4, 0.5) is 5.69 Å². The van der Waals surface area contributed by atoms with Crippen LogP contribution in [0.3, 0.4) is 0 Å². The van der Waals surface area contributed by atoms with Gasteiger partial charge in [0, 0.05) is 50.8 Å². The molecular formula is C38H51N5O11S2. The lowest BCUT2D eigenvalue weighted by atomic mass is 10.3. The van der Waals surface area contributed by atoms with Crippen molar-refractivity contribution in [2.45, 2.75) is 19.2 Å². The van der Waals surface area contributed by atoms with Gasteiger partial charge in [-0.2, -0.15) is 16.8 Å². The van der Waals surface area contributed by atoms with Gasteiger partial charge in [0.2, 0.25) is 0 Å². The van der Waals surface area contributed by atoms with Crippen LogP contribution in [0.5, 0.6) is 5.75 Å². The highest BCUT2D eigenvalue weighted by Crippen LogP contribution is 2.17. The van der Waals surface area contributed by atoms with Crippen molar-refractivity contribution in [1.82, 2.24) is 19.8 Å². The molecule has 0 unspecified atom stereocenters. The highest BCUT2D eigenvalue weighted by atomic mass is 32.2. The number of aliphatic hydroxyl groups excluding tert-OH is 2. The second-order valence-corrected chi connectivity index (χ2v) is 13.4. The molecule has 3 aromatic rings. The number of hydrogen-bond acceptors (Lipinski definition) is 16. The molecule has 16 nitrogen and oxygen atoms in total. The van der Waals surface area contributed by atoms with E-state index in [0.717, 1.165) is 5.75 Å². The summed E-state index contributed by atoms with van der Waals surface area (Å²) in [5, 5.41) is 40.1. The van der Waals surface area contributed by atoms with Gasteiger partial charge >= 0.3 is 11.9 Å². The number of aliphatic hydroxyl groups is 2. The summed E-state index contributed by atoms with van der Waals surface area (Å²) in [6.07, 6.45) is -0.267. The highest BCUT2D eigenvalue weighted by molar-refractivity contribution is 7.99. The first-order valence-electron chi connectivity index (χ1n) is 18.1. The Balaban J connectivity index is 1.41. The lowest BCUT2D eigenvalue weighted by Crippen LogP contribution is -2.34. The molecule has 0 spiro atoms. The molecule has 0 bridgehead atoms. The molecule has 56 heavy (non-hydrogen) atoms. The van der Waals surface area contributed by atoms with E-state index in [1.165, 1.54) is 12.1 Å². The van der Waals surface area contributed by atoms with E-state index in [1.54, 1.807) is 48.2 Å². The SMILES string of the molecule is O=C(O)c1cccc(CN(CCO)CCOC[C@@H](CSCCOCCOCCOc2ccc(N=C=S)cc2)OCCN(CCO)Cc2cccc(C(=O)O)n2)n1. The minimum absolute atomic E-state index is 0.0411. The normalized spacial score (nSPS) is 11.8. The van der Waals surface area contributed by atoms with Crippen LogP contribution >= 0.6 is 24.0 Å². The Labute approximate surface area is 336 Å². The van der Waals surface area contributed by atoms with Crippen LogP contribution in [0.1, 0.15) is 32.4 Å². The molecule has 0 aliphatic rings. The standard InChI is InChI=1S/C38H51N5O11S2/c44-15-11-42(25-31-3-1-5-35(40-31)37(46)47)13-17-52-27-34(53-18-14-43(12-16-45)26-32-4-2-6-36(41-32)38(48)49)28-56-24-23-51-20-19-50-21-22-54-33-9-7-30(8-10-33)39-29-55/h1-10,34,44-45H,11-28H2,(H,46,47)(H,48,49)/t34-/m0/s1. The largest absolute Gasteiger partial charge is 0.491 e. The summed E-state index contributed by atoms with van der Waals surface area (Å²) >= 11 is 6.27. The Morgan fingerprint density at radius 2 is 1.30 bits per heavy atom. The average molecular weight is 818 g/mol. The van der Waals surface area contributed by atoms with E-state index in [-0.39, 0.29) is 30.7 Å². The molecule has 0 radical (unpaired) electrons. The molecular weight excluding hydrogens is 767 g/mol. The first kappa shape index (κ1) is 46.5. The summed E-state index contributed by atoms with van der Waals surface area (Å²) in [6, 6.07) is 16.8. The van der Waals surface area contributed by atoms with Crippen molar-refractivity contribution in [3.05, 3.63) is 83.4 Å². The van der Waals surface area contributed by atoms with Gasteiger partial charge in [-0.1, -0.05) is 12.1 Å². The molecule has 0 amide bonds. The zero-order valence-corrected chi connectivity index (χ0v) is 32.9. The number of thiocarbonyl (C=S) groups is 1. The summed E-state index contributed by atoms with van der Waals surface area (Å²) in [5.41, 5.74) is 1.78. The lowest BCUT2D eigenvalue weighted by molar-refractivity contribution is -0.0176. The second-order valence-electron chi connectivity index (χ2n) is 12.1. The average Bonchev–Trinajstić information content (AvgIpc) is 3.19. The monoisotopic (exact) mass is 817 g/mol. The number of aliphatic imine (C=N–C) groups is 1. The molecule has 2 aromatic heterocycles. The molecule has 0 aliphatic carbocycles. The van der Waals surface area contributed by atoms with Gasteiger partial charge in [0.1, 0.15) is 23.7 Å². The number of aromatic carboxylic acids is 2. The molecule has 1 aromatic carbocycles. The van der Waals surface area contributed by atoms with E-state index in [9.17, 15) is 30.0 Å². The van der Waals surface area contributed by atoms with Gasteiger partial charge in [-0.05, 0) is 60.7 Å². The molecule has 0 fully saturated rings. The Morgan fingerprint density at radius 3 is 1.88 bits per heavy atom. The maximum absolute atomic E-state index is 11.4. The molecule has 0 saturated heterocycles. The van der Waals surface area contributed by atoms with Crippen LogP contribution in [0, 0.1) is 0 Å². The Morgan fingerprint density at radius 1 is 0.732 bits per heavy atom. The molecule has 18 heteroatoms. The van der Waals surface area contributed by atoms with Crippen LogP contribution in [0.25, 0.3) is 0 Å². The lowest BCUT2D eigenvalue weighted by Gasteiger charge is -2.24. The predicted octanol–water partition coefficient (Wildman–Crippen LogP) is 3.14. The third kappa shape index (κ3) is 19.8. The fourth-order valence-corrected chi connectivity index (χ4v) is 6.06. The van der Waals surface area contributed by atoms with Gasteiger partial charge in [0.05, 0.1) is 87.8 Å². The molecule has 2 heterocycles. The number of isothiocyanates is 1. The molecule has 306 valence electrons. The van der Waals surface area contributed by atoms with E-state index >= 15 is 0 Å². The fourth-order valence-electron chi connectivity index (χ4n) is 5.10. The summed E-state index contributed by atoms with van der Waals surface area (Å²) < 4.78 is 29.3. The fraction of sp³-hybridized carbons (Fsp3) is 0.500.